The molecular weight excluding hydrogens is 358 g/mol. The van der Waals surface area contributed by atoms with Gasteiger partial charge in [0, 0.05) is 10.8 Å². The zero-order valence-corrected chi connectivity index (χ0v) is 14.8. The van der Waals surface area contributed by atoms with Crippen molar-refractivity contribution in [3.8, 4) is 0 Å². The number of halogens is 1. The number of primary amides is 1. The third-order valence-electron chi connectivity index (χ3n) is 4.63. The molecular formula is C18H16ClN3O2S. The van der Waals surface area contributed by atoms with E-state index < -0.39 is 5.91 Å². The van der Waals surface area contributed by atoms with Crippen LogP contribution in [0.4, 0.5) is 0 Å². The minimum atomic E-state index is -0.467. The minimum Gasteiger partial charge on any atom is -0.364 e. The van der Waals surface area contributed by atoms with Crippen LogP contribution in [0.2, 0.25) is 0 Å². The van der Waals surface area contributed by atoms with E-state index in [2.05, 4.69) is 22.4 Å². The number of thiophene rings is 1. The molecule has 0 radical (unpaired) electrons. The van der Waals surface area contributed by atoms with Crippen LogP contribution in [0.5, 0.6) is 0 Å². The number of hydrogen-bond donors (Lipinski definition) is 3. The number of benzene rings is 1. The van der Waals surface area contributed by atoms with Gasteiger partial charge in [0.1, 0.15) is 11.6 Å². The van der Waals surface area contributed by atoms with Gasteiger partial charge in [-0.1, -0.05) is 24.3 Å². The maximum atomic E-state index is 11.9. The smallest absolute Gasteiger partial charge is 0.265 e. The molecule has 2 heterocycles. The van der Waals surface area contributed by atoms with Gasteiger partial charge in [-0.2, -0.15) is 0 Å². The number of amides is 2. The normalized spacial score (nSPS) is 19.1. The van der Waals surface area contributed by atoms with Crippen LogP contribution in [0.1, 0.15) is 38.5 Å². The van der Waals surface area contributed by atoms with Gasteiger partial charge in [0.25, 0.3) is 5.91 Å². The molecule has 0 saturated carbocycles. The molecule has 25 heavy (non-hydrogen) atoms. The quantitative estimate of drug-likeness (QED) is 0.614. The highest BCUT2D eigenvalue weighted by molar-refractivity contribution is 7.19. The molecule has 0 saturated heterocycles. The van der Waals surface area contributed by atoms with Gasteiger partial charge >= 0.3 is 0 Å². The topological polar surface area (TPSA) is 88.0 Å². The monoisotopic (exact) mass is 373 g/mol. The first-order chi connectivity index (χ1) is 12.1. The molecule has 128 valence electrons. The average molecular weight is 374 g/mol. The number of H-pyrrole nitrogens is 1. The summed E-state index contributed by atoms with van der Waals surface area (Å²) < 4.78 is 0.988. The fraction of sp³-hybridized carbons (Fsp3) is 0.222. The Kier molecular flexibility index (Phi) is 4.01. The highest BCUT2D eigenvalue weighted by atomic mass is 35.5. The van der Waals surface area contributed by atoms with Crippen molar-refractivity contribution in [2.24, 2.45) is 5.73 Å². The number of fused-ring (bicyclic) bond motifs is 2. The molecule has 4 N–H and O–H groups in total. The van der Waals surface area contributed by atoms with Gasteiger partial charge in [-0.15, -0.1) is 22.9 Å². The van der Waals surface area contributed by atoms with E-state index in [0.717, 1.165) is 27.1 Å². The summed E-state index contributed by atoms with van der Waals surface area (Å²) in [7, 11) is 0. The lowest BCUT2D eigenvalue weighted by atomic mass is 9.98. The van der Waals surface area contributed by atoms with Gasteiger partial charge in [-0.3, -0.25) is 9.59 Å². The molecule has 0 spiro atoms. The molecule has 4 rings (SSSR count). The molecule has 1 aliphatic rings. The van der Waals surface area contributed by atoms with Crippen molar-refractivity contribution in [1.82, 2.24) is 10.3 Å². The highest BCUT2D eigenvalue weighted by Gasteiger charge is 2.35. The van der Waals surface area contributed by atoms with Crippen LogP contribution in [0.25, 0.3) is 10.2 Å². The van der Waals surface area contributed by atoms with Gasteiger partial charge in [0.15, 0.2) is 0 Å². The number of aromatic nitrogens is 1. The van der Waals surface area contributed by atoms with Crippen molar-refractivity contribution in [3.05, 3.63) is 58.1 Å². The van der Waals surface area contributed by atoms with E-state index in [0.29, 0.717) is 5.69 Å². The van der Waals surface area contributed by atoms with Gasteiger partial charge in [-0.25, -0.2) is 0 Å². The zero-order chi connectivity index (χ0) is 17.6. The number of nitrogens with two attached hydrogens (primary N) is 1. The van der Waals surface area contributed by atoms with Crippen LogP contribution in [-0.2, 0) is 11.2 Å². The molecule has 2 amide bonds. The third kappa shape index (κ3) is 2.81. The Balaban J connectivity index is 1.71. The van der Waals surface area contributed by atoms with Crippen molar-refractivity contribution in [2.45, 2.75) is 18.4 Å². The molecule has 2 aromatic heterocycles. The lowest BCUT2D eigenvalue weighted by Crippen LogP contribution is -2.31. The van der Waals surface area contributed by atoms with Gasteiger partial charge in [-0.05, 0) is 29.7 Å². The van der Waals surface area contributed by atoms with E-state index in [1.165, 1.54) is 5.56 Å². The Morgan fingerprint density at radius 3 is 2.84 bits per heavy atom. The van der Waals surface area contributed by atoms with Crippen LogP contribution >= 0.6 is 22.9 Å². The fourth-order valence-electron chi connectivity index (χ4n) is 3.51. The van der Waals surface area contributed by atoms with E-state index >= 15 is 0 Å². The van der Waals surface area contributed by atoms with Crippen LogP contribution in [0, 0.1) is 0 Å². The summed E-state index contributed by atoms with van der Waals surface area (Å²) >= 11 is 7.31. The van der Waals surface area contributed by atoms with Crippen molar-refractivity contribution >= 4 is 45.0 Å². The predicted octanol–water partition coefficient (Wildman–Crippen LogP) is 3.06. The maximum Gasteiger partial charge on any atom is 0.265 e. The standard InChI is InChI=1S/C18H16ClN3O2S/c19-8-16(23)22-17-10-4-2-1-3-9(10)5-11(17)14-6-12-15(25-14)7-13(21-12)18(20)24/h1-4,6-7,11,17,21H,5,8H2,(H2,20,24)(H,22,23)/t11-,17-/m0/s1. The molecule has 0 bridgehead atoms. The largest absolute Gasteiger partial charge is 0.364 e. The number of alkyl halides is 1. The lowest BCUT2D eigenvalue weighted by Gasteiger charge is -2.20. The van der Waals surface area contributed by atoms with Crippen molar-refractivity contribution in [1.29, 1.82) is 0 Å². The lowest BCUT2D eigenvalue weighted by molar-refractivity contribution is -0.119. The third-order valence-corrected chi connectivity index (χ3v) is 6.08. The van der Waals surface area contributed by atoms with Crippen molar-refractivity contribution in [2.75, 3.05) is 5.88 Å². The molecule has 1 aromatic carbocycles. The Bertz CT molecular complexity index is 946. The molecule has 3 aromatic rings. The SMILES string of the molecule is NC(=O)c1cc2sc([C@@H]3Cc4ccccc4[C@@H]3NC(=O)CCl)cc2[nH]1. The average Bonchev–Trinajstić information content (AvgIpc) is 3.26. The Hall–Kier alpha value is -2.31. The first-order valence-corrected chi connectivity index (χ1v) is 9.27. The van der Waals surface area contributed by atoms with Crippen molar-refractivity contribution < 1.29 is 9.59 Å². The summed E-state index contributed by atoms with van der Waals surface area (Å²) in [6.07, 6.45) is 0.856. The fourth-order valence-corrected chi connectivity index (χ4v) is 4.78. The van der Waals surface area contributed by atoms with E-state index in [1.807, 2.05) is 18.2 Å². The molecule has 2 atom stereocenters. The van der Waals surface area contributed by atoms with Crippen LogP contribution in [0.15, 0.2) is 36.4 Å². The van der Waals surface area contributed by atoms with Crippen LogP contribution < -0.4 is 11.1 Å². The van der Waals surface area contributed by atoms with E-state index in [4.69, 9.17) is 17.3 Å². The first-order valence-electron chi connectivity index (χ1n) is 7.92. The molecule has 0 aliphatic heterocycles. The predicted molar refractivity (Wildman–Crippen MR) is 99.2 cm³/mol. The Labute approximate surface area is 153 Å². The number of hydrogen-bond acceptors (Lipinski definition) is 3. The first kappa shape index (κ1) is 16.2. The minimum absolute atomic E-state index is 0.0570. The van der Waals surface area contributed by atoms with Gasteiger partial charge in [0.2, 0.25) is 5.91 Å². The molecule has 0 unspecified atom stereocenters. The Morgan fingerprint density at radius 1 is 1.32 bits per heavy atom. The summed E-state index contributed by atoms with van der Waals surface area (Å²) in [5, 5.41) is 3.05. The Morgan fingerprint density at radius 2 is 2.12 bits per heavy atom. The van der Waals surface area contributed by atoms with Gasteiger partial charge in [0.05, 0.1) is 16.3 Å². The molecule has 7 heteroatoms. The number of carbonyl (C=O) groups excluding carboxylic acids is 2. The molecule has 1 aliphatic carbocycles. The van der Waals surface area contributed by atoms with Crippen molar-refractivity contribution in [3.63, 3.8) is 0 Å². The summed E-state index contributed by atoms with van der Waals surface area (Å²) in [5.74, 6) is -0.553. The highest BCUT2D eigenvalue weighted by Crippen LogP contribution is 2.45. The second-order valence-electron chi connectivity index (χ2n) is 6.16. The van der Waals surface area contributed by atoms with Crippen LogP contribution in [-0.4, -0.2) is 22.7 Å². The molecule has 0 fully saturated rings. The number of aromatic amines is 1. The molecule has 5 nitrogen and oxygen atoms in total. The summed E-state index contributed by atoms with van der Waals surface area (Å²) in [6, 6.07) is 11.9. The number of rotatable bonds is 4. The second kappa shape index (κ2) is 6.20. The van der Waals surface area contributed by atoms with Crippen LogP contribution in [0.3, 0.4) is 0 Å². The second-order valence-corrected chi connectivity index (χ2v) is 7.54. The van der Waals surface area contributed by atoms with E-state index in [1.54, 1.807) is 17.4 Å². The number of nitrogens with one attached hydrogen (secondary N) is 2. The summed E-state index contributed by atoms with van der Waals surface area (Å²) in [5.41, 5.74) is 9.01. The maximum absolute atomic E-state index is 11.9. The summed E-state index contributed by atoms with van der Waals surface area (Å²) in [6.45, 7) is 0. The van der Waals surface area contributed by atoms with E-state index in [-0.39, 0.29) is 23.7 Å². The zero-order valence-electron chi connectivity index (χ0n) is 13.2. The number of carbonyl (C=O) groups is 2. The van der Waals surface area contributed by atoms with E-state index in [9.17, 15) is 9.59 Å². The van der Waals surface area contributed by atoms with Gasteiger partial charge < -0.3 is 16.0 Å². The summed E-state index contributed by atoms with van der Waals surface area (Å²) in [4.78, 5) is 27.4.